The Labute approximate surface area is 85.7 Å². The summed E-state index contributed by atoms with van der Waals surface area (Å²) in [6.45, 7) is 2.95. The summed E-state index contributed by atoms with van der Waals surface area (Å²) in [7, 11) is 3.88. The van der Waals surface area contributed by atoms with Gasteiger partial charge in [-0.2, -0.15) is 5.26 Å². The first-order chi connectivity index (χ1) is 6.69. The fourth-order valence-electron chi connectivity index (χ4n) is 1.49. The minimum Gasteiger partial charge on any atom is -0.363 e. The molecule has 1 atom stereocenters. The van der Waals surface area contributed by atoms with E-state index in [0.29, 0.717) is 6.04 Å². The molecule has 3 nitrogen and oxygen atoms in total. The largest absolute Gasteiger partial charge is 0.363 e. The Balaban J connectivity index is 2.90. The van der Waals surface area contributed by atoms with Gasteiger partial charge in [-0.3, -0.25) is 0 Å². The van der Waals surface area contributed by atoms with Crippen molar-refractivity contribution in [3.8, 4) is 6.07 Å². The topological polar surface area (TPSA) is 39.1 Å². The highest BCUT2D eigenvalue weighted by molar-refractivity contribution is 5.33. The summed E-state index contributed by atoms with van der Waals surface area (Å²) in [6, 6.07) is 2.63. The van der Waals surface area contributed by atoms with Crippen LogP contribution in [0.4, 0.5) is 0 Å². The number of likely N-dealkylation sites (N-methyl/N-ethyl adjacent to an activating group) is 1. The van der Waals surface area contributed by atoms with Gasteiger partial charge in [0.2, 0.25) is 0 Å². The molecule has 0 aliphatic carbocycles. The van der Waals surface area contributed by atoms with Gasteiger partial charge in [0.15, 0.2) is 0 Å². The second-order valence-corrected chi connectivity index (χ2v) is 3.65. The van der Waals surface area contributed by atoms with Crippen molar-refractivity contribution in [2.24, 2.45) is 0 Å². The summed E-state index contributed by atoms with van der Waals surface area (Å²) < 4.78 is 0. The van der Waals surface area contributed by atoms with E-state index in [1.807, 2.05) is 25.1 Å². The Morgan fingerprint density at radius 1 is 1.71 bits per heavy atom. The van der Waals surface area contributed by atoms with Crippen LogP contribution >= 0.6 is 0 Å². The third-order valence-electron chi connectivity index (χ3n) is 2.58. The molecular formula is C11H17N3. The molecule has 1 N–H and O–H groups in total. The fraction of sp³-hybridized carbons (Fsp3) is 0.545. The molecule has 0 bridgehead atoms. The molecule has 1 aliphatic heterocycles. The number of nitrogens with zero attached hydrogens (tertiary/aromatic N) is 2. The van der Waals surface area contributed by atoms with Gasteiger partial charge in [0.1, 0.15) is 11.8 Å². The zero-order valence-electron chi connectivity index (χ0n) is 9.04. The predicted molar refractivity (Wildman–Crippen MR) is 57.5 cm³/mol. The Hall–Kier alpha value is -1.27. The molecule has 0 saturated heterocycles. The van der Waals surface area contributed by atoms with E-state index in [2.05, 4.69) is 24.4 Å². The minimum absolute atomic E-state index is 0.398. The van der Waals surface area contributed by atoms with Crippen molar-refractivity contribution in [2.75, 3.05) is 20.6 Å². The van der Waals surface area contributed by atoms with Crippen LogP contribution in [0.25, 0.3) is 0 Å². The standard InChI is InChI=1S/C11H17N3/c1-9-4-5-10(8-13-2)6-11(7-12)14(9)3/h5-6,9,13H,4,8H2,1-3H3. The highest BCUT2D eigenvalue weighted by Crippen LogP contribution is 2.17. The van der Waals surface area contributed by atoms with Crippen LogP contribution in [0.1, 0.15) is 13.3 Å². The molecule has 0 radical (unpaired) electrons. The lowest BCUT2D eigenvalue weighted by Crippen LogP contribution is -2.26. The van der Waals surface area contributed by atoms with Crippen molar-refractivity contribution in [2.45, 2.75) is 19.4 Å². The van der Waals surface area contributed by atoms with Gasteiger partial charge in [-0.25, -0.2) is 0 Å². The van der Waals surface area contributed by atoms with Gasteiger partial charge in [-0.1, -0.05) is 6.08 Å². The lowest BCUT2D eigenvalue weighted by molar-refractivity contribution is 0.339. The highest BCUT2D eigenvalue weighted by atomic mass is 15.1. The molecule has 0 amide bonds. The molecule has 1 aliphatic rings. The van der Waals surface area contributed by atoms with Crippen LogP contribution in [0.5, 0.6) is 0 Å². The maximum Gasteiger partial charge on any atom is 0.117 e. The maximum absolute atomic E-state index is 8.98. The lowest BCUT2D eigenvalue weighted by atomic mass is 10.1. The van der Waals surface area contributed by atoms with Crippen LogP contribution in [-0.4, -0.2) is 31.6 Å². The second-order valence-electron chi connectivity index (χ2n) is 3.65. The van der Waals surface area contributed by atoms with Gasteiger partial charge >= 0.3 is 0 Å². The molecule has 0 fully saturated rings. The van der Waals surface area contributed by atoms with Crippen LogP contribution in [0, 0.1) is 11.3 Å². The smallest absolute Gasteiger partial charge is 0.117 e. The Morgan fingerprint density at radius 2 is 2.43 bits per heavy atom. The van der Waals surface area contributed by atoms with E-state index in [1.54, 1.807) is 0 Å². The van der Waals surface area contributed by atoms with Crippen molar-refractivity contribution in [1.29, 1.82) is 5.26 Å². The van der Waals surface area contributed by atoms with E-state index >= 15 is 0 Å². The van der Waals surface area contributed by atoms with Gasteiger partial charge in [-0.05, 0) is 32.0 Å². The van der Waals surface area contributed by atoms with Crippen molar-refractivity contribution in [1.82, 2.24) is 10.2 Å². The Morgan fingerprint density at radius 3 is 3.00 bits per heavy atom. The first kappa shape index (κ1) is 10.8. The van der Waals surface area contributed by atoms with Crippen molar-refractivity contribution >= 4 is 0 Å². The Kier molecular flexibility index (Phi) is 3.73. The summed E-state index contributed by atoms with van der Waals surface area (Å²) >= 11 is 0. The number of allylic oxidation sites excluding steroid dienone is 1. The SMILES string of the molecule is CNCC1=CCC(C)N(C)C(C#N)=C1. The van der Waals surface area contributed by atoms with Gasteiger partial charge in [0.25, 0.3) is 0 Å². The average molecular weight is 191 g/mol. The summed E-state index contributed by atoms with van der Waals surface area (Å²) in [5.41, 5.74) is 1.94. The van der Waals surface area contributed by atoms with Crippen molar-refractivity contribution in [3.63, 3.8) is 0 Å². The zero-order chi connectivity index (χ0) is 10.6. The number of hydrogen-bond acceptors (Lipinski definition) is 3. The lowest BCUT2D eigenvalue weighted by Gasteiger charge is -2.23. The van der Waals surface area contributed by atoms with Crippen molar-refractivity contribution in [3.05, 3.63) is 23.4 Å². The quantitative estimate of drug-likeness (QED) is 0.714. The molecule has 1 unspecified atom stereocenters. The van der Waals surface area contributed by atoms with Crippen molar-refractivity contribution < 1.29 is 0 Å². The highest BCUT2D eigenvalue weighted by Gasteiger charge is 2.14. The predicted octanol–water partition coefficient (Wildman–Crippen LogP) is 1.26. The van der Waals surface area contributed by atoms with E-state index in [4.69, 9.17) is 5.26 Å². The number of hydrogen-bond donors (Lipinski definition) is 1. The molecule has 14 heavy (non-hydrogen) atoms. The van der Waals surface area contributed by atoms with Crippen LogP contribution < -0.4 is 5.32 Å². The molecule has 0 aromatic heterocycles. The molecule has 0 aromatic rings. The summed E-state index contributed by atoms with van der Waals surface area (Å²) in [5.74, 6) is 0. The molecule has 0 spiro atoms. The normalized spacial score (nSPS) is 22.1. The average Bonchev–Trinajstić information content (AvgIpc) is 2.31. The number of rotatable bonds is 2. The zero-order valence-corrected chi connectivity index (χ0v) is 9.04. The first-order valence-electron chi connectivity index (χ1n) is 4.87. The molecule has 1 rings (SSSR count). The van der Waals surface area contributed by atoms with Gasteiger partial charge in [-0.15, -0.1) is 0 Å². The third-order valence-corrected chi connectivity index (χ3v) is 2.58. The van der Waals surface area contributed by atoms with Gasteiger partial charge in [0, 0.05) is 19.6 Å². The third kappa shape index (κ3) is 2.36. The summed E-state index contributed by atoms with van der Waals surface area (Å²) in [6.07, 6.45) is 5.15. The van der Waals surface area contributed by atoms with Gasteiger partial charge < -0.3 is 10.2 Å². The van der Waals surface area contributed by atoms with E-state index in [0.717, 1.165) is 18.7 Å². The van der Waals surface area contributed by atoms with Crippen LogP contribution in [0.15, 0.2) is 23.4 Å². The first-order valence-corrected chi connectivity index (χ1v) is 4.87. The van der Waals surface area contributed by atoms with E-state index < -0.39 is 0 Å². The molecule has 0 saturated carbocycles. The molecule has 0 aromatic carbocycles. The number of nitriles is 1. The van der Waals surface area contributed by atoms with E-state index in [1.165, 1.54) is 5.57 Å². The van der Waals surface area contributed by atoms with E-state index in [9.17, 15) is 0 Å². The van der Waals surface area contributed by atoms with Crippen LogP contribution in [0.3, 0.4) is 0 Å². The van der Waals surface area contributed by atoms with Crippen LogP contribution in [0.2, 0.25) is 0 Å². The summed E-state index contributed by atoms with van der Waals surface area (Å²) in [5, 5.41) is 12.1. The molecule has 3 heteroatoms. The monoisotopic (exact) mass is 191 g/mol. The number of nitrogens with one attached hydrogen (secondary N) is 1. The summed E-state index contributed by atoms with van der Waals surface area (Å²) in [4.78, 5) is 2.03. The minimum atomic E-state index is 0.398. The van der Waals surface area contributed by atoms with Crippen LogP contribution in [-0.2, 0) is 0 Å². The van der Waals surface area contributed by atoms with Gasteiger partial charge in [0.05, 0.1) is 0 Å². The second kappa shape index (κ2) is 4.83. The fourth-order valence-corrected chi connectivity index (χ4v) is 1.49. The Bertz CT molecular complexity index is 296. The van der Waals surface area contributed by atoms with E-state index in [-0.39, 0.29) is 0 Å². The molecule has 76 valence electrons. The molecular weight excluding hydrogens is 174 g/mol. The molecule has 1 heterocycles. The maximum atomic E-state index is 8.98.